The van der Waals surface area contributed by atoms with Crippen LogP contribution in [0, 0.1) is 0 Å². The van der Waals surface area contributed by atoms with Crippen LogP contribution in [-0.4, -0.2) is 48.7 Å². The van der Waals surface area contributed by atoms with Crippen LogP contribution in [0.4, 0.5) is 0 Å². The molecule has 21 heavy (non-hydrogen) atoms. The number of carbonyl (C=O) groups is 2. The average Bonchev–Trinajstić information content (AvgIpc) is 2.98. The highest BCUT2D eigenvalue weighted by Gasteiger charge is 2.20. The third-order valence-corrected chi connectivity index (χ3v) is 3.86. The van der Waals surface area contributed by atoms with E-state index >= 15 is 0 Å². The Balaban J connectivity index is 2.11. The standard InChI is InChI=1S/C14H16BrNO5/c1-20-11-7-9(14(18)19)6-10(15)13(11)21-8-12(17)16-4-2-3-5-16/h6-7H,2-5,8H2,1H3,(H,18,19). The highest BCUT2D eigenvalue weighted by molar-refractivity contribution is 9.10. The van der Waals surface area contributed by atoms with Gasteiger partial charge in [0.1, 0.15) is 0 Å². The summed E-state index contributed by atoms with van der Waals surface area (Å²) in [4.78, 5) is 24.7. The molecule has 1 N–H and O–H groups in total. The number of ether oxygens (including phenoxy) is 2. The molecule has 1 fully saturated rings. The topological polar surface area (TPSA) is 76.1 Å². The maximum atomic E-state index is 12.0. The van der Waals surface area contributed by atoms with E-state index in [0.717, 1.165) is 25.9 Å². The number of carbonyl (C=O) groups excluding carboxylic acids is 1. The number of carboxylic acid groups (broad SMARTS) is 1. The minimum absolute atomic E-state index is 0.0798. The first-order chi connectivity index (χ1) is 10.0. The molecule has 7 heteroatoms. The zero-order chi connectivity index (χ0) is 15.4. The van der Waals surface area contributed by atoms with Crippen LogP contribution < -0.4 is 9.47 Å². The summed E-state index contributed by atoms with van der Waals surface area (Å²) in [5.74, 6) is -0.538. The van der Waals surface area contributed by atoms with Crippen molar-refractivity contribution in [3.8, 4) is 11.5 Å². The number of benzene rings is 1. The van der Waals surface area contributed by atoms with Crippen LogP contribution in [0.5, 0.6) is 11.5 Å². The lowest BCUT2D eigenvalue weighted by atomic mass is 10.2. The maximum absolute atomic E-state index is 12.0. The monoisotopic (exact) mass is 357 g/mol. The number of rotatable bonds is 5. The van der Waals surface area contributed by atoms with Gasteiger partial charge in [-0.3, -0.25) is 4.79 Å². The van der Waals surface area contributed by atoms with Crippen LogP contribution in [-0.2, 0) is 4.79 Å². The molecule has 0 radical (unpaired) electrons. The fraction of sp³-hybridized carbons (Fsp3) is 0.429. The molecule has 0 bridgehead atoms. The van der Waals surface area contributed by atoms with Gasteiger partial charge in [-0.2, -0.15) is 0 Å². The molecular weight excluding hydrogens is 342 g/mol. The minimum atomic E-state index is -1.06. The van der Waals surface area contributed by atoms with Gasteiger partial charge in [0, 0.05) is 13.1 Å². The Hall–Kier alpha value is -1.76. The number of carboxylic acids is 1. The maximum Gasteiger partial charge on any atom is 0.335 e. The summed E-state index contributed by atoms with van der Waals surface area (Å²) in [5.41, 5.74) is 0.0805. The largest absolute Gasteiger partial charge is 0.493 e. The zero-order valence-corrected chi connectivity index (χ0v) is 13.2. The molecule has 1 aliphatic heterocycles. The smallest absolute Gasteiger partial charge is 0.335 e. The number of hydrogen-bond acceptors (Lipinski definition) is 4. The lowest BCUT2D eigenvalue weighted by Gasteiger charge is -2.17. The van der Waals surface area contributed by atoms with Crippen molar-refractivity contribution >= 4 is 27.8 Å². The molecule has 0 aromatic heterocycles. The van der Waals surface area contributed by atoms with Crippen molar-refractivity contribution in [2.45, 2.75) is 12.8 Å². The van der Waals surface area contributed by atoms with Crippen LogP contribution in [0.3, 0.4) is 0 Å². The average molecular weight is 358 g/mol. The van der Waals surface area contributed by atoms with Crippen molar-refractivity contribution in [1.29, 1.82) is 0 Å². The van der Waals surface area contributed by atoms with Crippen molar-refractivity contribution in [2.75, 3.05) is 26.8 Å². The Morgan fingerprint density at radius 3 is 2.57 bits per heavy atom. The molecule has 2 rings (SSSR count). The number of aromatic carboxylic acids is 1. The van der Waals surface area contributed by atoms with E-state index in [1.807, 2.05) is 0 Å². The van der Waals surface area contributed by atoms with Gasteiger partial charge < -0.3 is 19.5 Å². The second-order valence-corrected chi connectivity index (χ2v) is 5.53. The number of likely N-dealkylation sites (tertiary alicyclic amines) is 1. The predicted molar refractivity (Wildman–Crippen MR) is 79.0 cm³/mol. The lowest BCUT2D eigenvalue weighted by molar-refractivity contribution is -0.132. The van der Waals surface area contributed by atoms with E-state index in [4.69, 9.17) is 14.6 Å². The minimum Gasteiger partial charge on any atom is -0.493 e. The van der Waals surface area contributed by atoms with E-state index < -0.39 is 5.97 Å². The van der Waals surface area contributed by atoms with Crippen molar-refractivity contribution in [3.05, 3.63) is 22.2 Å². The predicted octanol–water partition coefficient (Wildman–Crippen LogP) is 2.16. The Morgan fingerprint density at radius 2 is 2.00 bits per heavy atom. The van der Waals surface area contributed by atoms with Crippen molar-refractivity contribution in [2.24, 2.45) is 0 Å². The Labute approximate surface area is 130 Å². The summed E-state index contributed by atoms with van der Waals surface area (Å²) < 4.78 is 11.1. The van der Waals surface area contributed by atoms with Crippen LogP contribution >= 0.6 is 15.9 Å². The summed E-state index contributed by atoms with van der Waals surface area (Å²) in [6.07, 6.45) is 2.04. The summed E-state index contributed by atoms with van der Waals surface area (Å²) in [6, 6.07) is 2.78. The molecule has 0 unspecified atom stereocenters. The molecule has 6 nitrogen and oxygen atoms in total. The third kappa shape index (κ3) is 3.66. The number of nitrogens with zero attached hydrogens (tertiary/aromatic N) is 1. The molecule has 1 aromatic rings. The van der Waals surface area contributed by atoms with Gasteiger partial charge in [-0.05, 0) is 40.9 Å². The van der Waals surface area contributed by atoms with Crippen LogP contribution in [0.2, 0.25) is 0 Å². The molecule has 1 amide bonds. The molecule has 1 aromatic carbocycles. The molecule has 0 saturated carbocycles. The number of methoxy groups -OCH3 is 1. The van der Waals surface area contributed by atoms with Gasteiger partial charge in [0.2, 0.25) is 0 Å². The van der Waals surface area contributed by atoms with E-state index in [1.54, 1.807) is 4.90 Å². The van der Waals surface area contributed by atoms with Gasteiger partial charge in [-0.1, -0.05) is 0 Å². The highest BCUT2D eigenvalue weighted by atomic mass is 79.9. The van der Waals surface area contributed by atoms with E-state index in [1.165, 1.54) is 19.2 Å². The van der Waals surface area contributed by atoms with Gasteiger partial charge >= 0.3 is 5.97 Å². The van der Waals surface area contributed by atoms with E-state index in [9.17, 15) is 9.59 Å². The lowest BCUT2D eigenvalue weighted by Crippen LogP contribution is -2.32. The van der Waals surface area contributed by atoms with Gasteiger partial charge in [0.25, 0.3) is 5.91 Å². The first-order valence-electron chi connectivity index (χ1n) is 6.54. The van der Waals surface area contributed by atoms with Crippen LogP contribution in [0.15, 0.2) is 16.6 Å². The normalized spacial score (nSPS) is 14.1. The van der Waals surface area contributed by atoms with Gasteiger partial charge in [-0.25, -0.2) is 4.79 Å². The van der Waals surface area contributed by atoms with Crippen LogP contribution in [0.25, 0.3) is 0 Å². The van der Waals surface area contributed by atoms with E-state index in [0.29, 0.717) is 10.2 Å². The molecule has 0 atom stereocenters. The number of amides is 1. The van der Waals surface area contributed by atoms with Crippen molar-refractivity contribution < 1.29 is 24.2 Å². The molecule has 0 aliphatic carbocycles. The van der Waals surface area contributed by atoms with E-state index in [2.05, 4.69) is 15.9 Å². The Morgan fingerprint density at radius 1 is 1.33 bits per heavy atom. The number of halogens is 1. The summed E-state index contributed by atoms with van der Waals surface area (Å²) >= 11 is 3.25. The zero-order valence-electron chi connectivity index (χ0n) is 11.6. The van der Waals surface area contributed by atoms with Crippen molar-refractivity contribution in [3.63, 3.8) is 0 Å². The second-order valence-electron chi connectivity index (χ2n) is 4.67. The third-order valence-electron chi connectivity index (χ3n) is 3.28. The number of hydrogen-bond donors (Lipinski definition) is 1. The fourth-order valence-corrected chi connectivity index (χ4v) is 2.73. The SMILES string of the molecule is COc1cc(C(=O)O)cc(Br)c1OCC(=O)N1CCCC1. The highest BCUT2D eigenvalue weighted by Crippen LogP contribution is 2.36. The summed E-state index contributed by atoms with van der Waals surface area (Å²) in [7, 11) is 1.42. The molecule has 1 heterocycles. The van der Waals surface area contributed by atoms with Crippen molar-refractivity contribution in [1.82, 2.24) is 4.90 Å². The van der Waals surface area contributed by atoms with Gasteiger partial charge in [-0.15, -0.1) is 0 Å². The molecule has 114 valence electrons. The molecule has 0 spiro atoms. The molecule has 1 saturated heterocycles. The Kier molecular flexibility index (Phi) is 5.06. The van der Waals surface area contributed by atoms with Crippen LogP contribution in [0.1, 0.15) is 23.2 Å². The fourth-order valence-electron chi connectivity index (χ4n) is 2.18. The van der Waals surface area contributed by atoms with Gasteiger partial charge in [0.15, 0.2) is 18.1 Å². The quantitative estimate of drug-likeness (QED) is 0.873. The molecular formula is C14H16BrNO5. The van der Waals surface area contributed by atoms with E-state index in [-0.39, 0.29) is 23.8 Å². The first-order valence-corrected chi connectivity index (χ1v) is 7.33. The summed E-state index contributed by atoms with van der Waals surface area (Å²) in [5, 5.41) is 9.00. The first kappa shape index (κ1) is 15.6. The Bertz CT molecular complexity index is 555. The molecule has 1 aliphatic rings. The second kappa shape index (κ2) is 6.80. The summed E-state index contributed by atoms with van der Waals surface area (Å²) in [6.45, 7) is 1.43. The van der Waals surface area contributed by atoms with Gasteiger partial charge in [0.05, 0.1) is 17.1 Å².